The van der Waals surface area contributed by atoms with Crippen LogP contribution in [0.2, 0.25) is 0 Å². The first-order valence-electron chi connectivity index (χ1n) is 7.48. The van der Waals surface area contributed by atoms with E-state index in [0.29, 0.717) is 12.5 Å². The molecule has 1 aromatic carbocycles. The molecule has 0 amide bonds. The van der Waals surface area contributed by atoms with E-state index in [4.69, 9.17) is 4.74 Å². The average Bonchev–Trinajstić information content (AvgIpc) is 2.46. The quantitative estimate of drug-likeness (QED) is 0.841. The van der Waals surface area contributed by atoms with E-state index in [1.54, 1.807) is 6.20 Å². The van der Waals surface area contributed by atoms with Crippen LogP contribution in [0.4, 0.5) is 0 Å². The second kappa shape index (κ2) is 7.79. The van der Waals surface area contributed by atoms with Gasteiger partial charge in [0.2, 0.25) is 0 Å². The summed E-state index contributed by atoms with van der Waals surface area (Å²) in [6.45, 7) is 8.90. The topological polar surface area (TPSA) is 34.1 Å². The van der Waals surface area contributed by atoms with Gasteiger partial charge < -0.3 is 10.1 Å². The van der Waals surface area contributed by atoms with Crippen LogP contribution < -0.4 is 10.1 Å². The summed E-state index contributed by atoms with van der Waals surface area (Å²) >= 11 is 0. The Labute approximate surface area is 127 Å². The molecule has 0 unspecified atom stereocenters. The predicted molar refractivity (Wildman–Crippen MR) is 86.3 cm³/mol. The van der Waals surface area contributed by atoms with Gasteiger partial charge in [-0.1, -0.05) is 38.1 Å². The molecule has 3 heteroatoms. The van der Waals surface area contributed by atoms with Gasteiger partial charge in [-0.3, -0.25) is 4.98 Å². The van der Waals surface area contributed by atoms with Crippen molar-refractivity contribution in [1.29, 1.82) is 0 Å². The maximum atomic E-state index is 5.84. The van der Waals surface area contributed by atoms with Gasteiger partial charge in [-0.05, 0) is 42.6 Å². The minimum Gasteiger partial charge on any atom is -0.487 e. The van der Waals surface area contributed by atoms with Crippen molar-refractivity contribution in [3.05, 3.63) is 59.4 Å². The lowest BCUT2D eigenvalue weighted by atomic mass is 10.1. The van der Waals surface area contributed by atoms with Crippen molar-refractivity contribution in [2.45, 2.75) is 33.9 Å². The fourth-order valence-electron chi connectivity index (χ4n) is 2.12. The highest BCUT2D eigenvalue weighted by molar-refractivity contribution is 5.27. The van der Waals surface area contributed by atoms with Gasteiger partial charge in [0.1, 0.15) is 12.4 Å². The Hall–Kier alpha value is -1.87. The lowest BCUT2D eigenvalue weighted by molar-refractivity contribution is 0.302. The van der Waals surface area contributed by atoms with Gasteiger partial charge in [-0.25, -0.2) is 0 Å². The standard InChI is InChI=1S/C18H24N2O/c1-14(2)11-19-12-16-6-4-7-17(10-16)13-21-18-8-5-9-20-15(18)3/h4-10,14,19H,11-13H2,1-3H3. The number of hydrogen-bond donors (Lipinski definition) is 1. The van der Waals surface area contributed by atoms with Crippen LogP contribution in [-0.2, 0) is 13.2 Å². The van der Waals surface area contributed by atoms with E-state index in [0.717, 1.165) is 24.5 Å². The van der Waals surface area contributed by atoms with Gasteiger partial charge in [0.25, 0.3) is 0 Å². The molecule has 112 valence electrons. The van der Waals surface area contributed by atoms with Crippen molar-refractivity contribution in [3.63, 3.8) is 0 Å². The minimum atomic E-state index is 0.574. The van der Waals surface area contributed by atoms with Crippen LogP contribution in [0.25, 0.3) is 0 Å². The van der Waals surface area contributed by atoms with Gasteiger partial charge in [0, 0.05) is 12.7 Å². The summed E-state index contributed by atoms with van der Waals surface area (Å²) in [5.74, 6) is 1.52. The van der Waals surface area contributed by atoms with E-state index in [1.807, 2.05) is 19.1 Å². The van der Waals surface area contributed by atoms with E-state index in [2.05, 4.69) is 48.4 Å². The Kier molecular flexibility index (Phi) is 5.76. The zero-order valence-corrected chi connectivity index (χ0v) is 13.1. The first kappa shape index (κ1) is 15.5. The molecule has 2 rings (SSSR count). The third-order valence-electron chi connectivity index (χ3n) is 3.23. The number of nitrogens with zero attached hydrogens (tertiary/aromatic N) is 1. The Morgan fingerprint density at radius 1 is 1.14 bits per heavy atom. The maximum absolute atomic E-state index is 5.84. The Morgan fingerprint density at radius 3 is 2.71 bits per heavy atom. The summed E-state index contributed by atoms with van der Waals surface area (Å²) in [6.07, 6.45) is 1.78. The van der Waals surface area contributed by atoms with E-state index < -0.39 is 0 Å². The second-order valence-corrected chi connectivity index (χ2v) is 5.72. The van der Waals surface area contributed by atoms with Crippen molar-refractivity contribution >= 4 is 0 Å². The number of nitrogens with one attached hydrogen (secondary N) is 1. The molecular weight excluding hydrogens is 260 g/mol. The van der Waals surface area contributed by atoms with Crippen molar-refractivity contribution in [1.82, 2.24) is 10.3 Å². The van der Waals surface area contributed by atoms with Crippen LogP contribution >= 0.6 is 0 Å². The van der Waals surface area contributed by atoms with Gasteiger partial charge in [0.05, 0.1) is 5.69 Å². The molecule has 3 nitrogen and oxygen atoms in total. The van der Waals surface area contributed by atoms with Crippen LogP contribution in [0.1, 0.15) is 30.7 Å². The smallest absolute Gasteiger partial charge is 0.141 e. The summed E-state index contributed by atoms with van der Waals surface area (Å²) in [5, 5.41) is 3.46. The van der Waals surface area contributed by atoms with Crippen LogP contribution in [0, 0.1) is 12.8 Å². The molecule has 1 heterocycles. The summed E-state index contributed by atoms with van der Waals surface area (Å²) in [6, 6.07) is 12.4. The molecule has 0 radical (unpaired) electrons. The molecule has 0 aliphatic rings. The van der Waals surface area contributed by atoms with Gasteiger partial charge in [-0.15, -0.1) is 0 Å². The number of aromatic nitrogens is 1. The highest BCUT2D eigenvalue weighted by Gasteiger charge is 2.01. The van der Waals surface area contributed by atoms with E-state index in [1.165, 1.54) is 11.1 Å². The third kappa shape index (κ3) is 5.20. The van der Waals surface area contributed by atoms with Gasteiger partial charge in [-0.2, -0.15) is 0 Å². The zero-order chi connectivity index (χ0) is 15.1. The highest BCUT2D eigenvalue weighted by Crippen LogP contribution is 2.16. The van der Waals surface area contributed by atoms with Crippen molar-refractivity contribution in [2.75, 3.05) is 6.54 Å². The average molecular weight is 284 g/mol. The second-order valence-electron chi connectivity index (χ2n) is 5.72. The van der Waals surface area contributed by atoms with Gasteiger partial charge in [0.15, 0.2) is 0 Å². The molecule has 1 N–H and O–H groups in total. The fourth-order valence-corrected chi connectivity index (χ4v) is 2.12. The molecule has 0 aliphatic heterocycles. The van der Waals surface area contributed by atoms with Crippen LogP contribution in [-0.4, -0.2) is 11.5 Å². The van der Waals surface area contributed by atoms with E-state index in [9.17, 15) is 0 Å². The summed E-state index contributed by atoms with van der Waals surface area (Å²) in [5.41, 5.74) is 3.40. The molecule has 0 atom stereocenters. The van der Waals surface area contributed by atoms with Crippen molar-refractivity contribution in [3.8, 4) is 5.75 Å². The normalized spacial score (nSPS) is 10.9. The van der Waals surface area contributed by atoms with Crippen molar-refractivity contribution in [2.24, 2.45) is 5.92 Å². The highest BCUT2D eigenvalue weighted by atomic mass is 16.5. The molecule has 0 bridgehead atoms. The Morgan fingerprint density at radius 2 is 1.95 bits per heavy atom. The summed E-state index contributed by atoms with van der Waals surface area (Å²) in [4.78, 5) is 4.23. The molecule has 0 fully saturated rings. The number of ether oxygens (including phenoxy) is 1. The number of rotatable bonds is 7. The van der Waals surface area contributed by atoms with Crippen LogP contribution in [0.15, 0.2) is 42.6 Å². The number of hydrogen-bond acceptors (Lipinski definition) is 3. The minimum absolute atomic E-state index is 0.574. The Balaban J connectivity index is 1.90. The maximum Gasteiger partial charge on any atom is 0.141 e. The molecule has 0 aliphatic carbocycles. The summed E-state index contributed by atoms with van der Waals surface area (Å²) < 4.78 is 5.84. The predicted octanol–water partition coefficient (Wildman–Crippen LogP) is 3.71. The van der Waals surface area contributed by atoms with Crippen molar-refractivity contribution < 1.29 is 4.74 Å². The number of aryl methyl sites for hydroxylation is 1. The van der Waals surface area contributed by atoms with E-state index >= 15 is 0 Å². The molecule has 0 saturated carbocycles. The molecule has 1 aromatic heterocycles. The van der Waals surface area contributed by atoms with E-state index in [-0.39, 0.29) is 0 Å². The first-order chi connectivity index (χ1) is 10.1. The number of benzene rings is 1. The fraction of sp³-hybridized carbons (Fsp3) is 0.389. The van der Waals surface area contributed by atoms with Crippen LogP contribution in [0.5, 0.6) is 5.75 Å². The molecule has 2 aromatic rings. The Bertz CT molecular complexity index is 567. The summed E-state index contributed by atoms with van der Waals surface area (Å²) in [7, 11) is 0. The molecular formula is C18H24N2O. The zero-order valence-electron chi connectivity index (χ0n) is 13.1. The van der Waals surface area contributed by atoms with Gasteiger partial charge >= 0.3 is 0 Å². The molecule has 21 heavy (non-hydrogen) atoms. The first-order valence-corrected chi connectivity index (χ1v) is 7.48. The molecule has 0 saturated heterocycles. The largest absolute Gasteiger partial charge is 0.487 e. The molecule has 0 spiro atoms. The SMILES string of the molecule is Cc1ncccc1OCc1cccc(CNCC(C)C)c1. The lowest BCUT2D eigenvalue weighted by Gasteiger charge is -2.10. The third-order valence-corrected chi connectivity index (χ3v) is 3.23. The number of pyridine rings is 1. The lowest BCUT2D eigenvalue weighted by Crippen LogP contribution is -2.19. The van der Waals surface area contributed by atoms with Crippen LogP contribution in [0.3, 0.4) is 0 Å². The monoisotopic (exact) mass is 284 g/mol.